The molecule has 1 amide bonds. The molecule has 2 fully saturated rings. The fraction of sp³-hybridized carbons (Fsp3) is 0.632. The van der Waals surface area contributed by atoms with Crippen LogP contribution in [-0.4, -0.2) is 68.9 Å². The van der Waals surface area contributed by atoms with Crippen LogP contribution in [0.25, 0.3) is 0 Å². The van der Waals surface area contributed by atoms with Crippen molar-refractivity contribution < 1.29 is 22.7 Å². The Morgan fingerprint density at radius 3 is 2.71 bits per heavy atom. The number of nitrogens with zero attached hydrogens (tertiary/aromatic N) is 2. The van der Waals surface area contributed by atoms with E-state index < -0.39 is 10.2 Å². The third-order valence-electron chi connectivity index (χ3n) is 5.10. The molecule has 2 heterocycles. The highest BCUT2D eigenvalue weighted by atomic mass is 32.2. The monoisotopic (exact) mass is 411 g/mol. The van der Waals surface area contributed by atoms with Gasteiger partial charge in [0.15, 0.2) is 0 Å². The Bertz CT molecular complexity index is 765. The standard InChI is InChI=1S/C19H29N3O5S/c1-2-27-18-8-4-3-6-16(18)14-20-19(23)17-7-5-9-22(15-17)28(24,25)21-10-12-26-13-11-21/h3-4,6,8,17H,2,5,7,9-15H2,1H3,(H,20,23). The first-order valence-electron chi connectivity index (χ1n) is 9.83. The summed E-state index contributed by atoms with van der Waals surface area (Å²) in [5.41, 5.74) is 0.909. The lowest BCUT2D eigenvalue weighted by Crippen LogP contribution is -2.52. The minimum Gasteiger partial charge on any atom is -0.494 e. The predicted octanol–water partition coefficient (Wildman–Crippen LogP) is 0.991. The smallest absolute Gasteiger partial charge is 0.282 e. The summed E-state index contributed by atoms with van der Waals surface area (Å²) in [6, 6.07) is 7.59. The van der Waals surface area contributed by atoms with Crippen molar-refractivity contribution in [1.82, 2.24) is 13.9 Å². The SMILES string of the molecule is CCOc1ccccc1CNC(=O)C1CCCN(S(=O)(=O)N2CCOCC2)C1. The van der Waals surface area contributed by atoms with E-state index in [1.165, 1.54) is 8.61 Å². The third kappa shape index (κ3) is 5.02. The fourth-order valence-corrected chi connectivity index (χ4v) is 5.24. The molecule has 2 saturated heterocycles. The predicted molar refractivity (Wildman–Crippen MR) is 105 cm³/mol. The molecular formula is C19H29N3O5S. The van der Waals surface area contributed by atoms with Crippen LogP contribution < -0.4 is 10.1 Å². The summed E-state index contributed by atoms with van der Waals surface area (Å²) in [6.45, 7) is 5.07. The molecule has 0 radical (unpaired) electrons. The lowest BCUT2D eigenvalue weighted by atomic mass is 9.98. The summed E-state index contributed by atoms with van der Waals surface area (Å²) in [5, 5.41) is 2.94. The maximum Gasteiger partial charge on any atom is 0.282 e. The Hall–Kier alpha value is -1.68. The van der Waals surface area contributed by atoms with E-state index in [1.54, 1.807) is 0 Å². The summed E-state index contributed by atoms with van der Waals surface area (Å²) >= 11 is 0. The Morgan fingerprint density at radius 2 is 1.96 bits per heavy atom. The van der Waals surface area contributed by atoms with Crippen LogP contribution in [-0.2, 0) is 26.3 Å². The van der Waals surface area contributed by atoms with E-state index in [4.69, 9.17) is 9.47 Å². The van der Waals surface area contributed by atoms with E-state index in [-0.39, 0.29) is 18.4 Å². The van der Waals surface area contributed by atoms with Crippen molar-refractivity contribution in [2.24, 2.45) is 5.92 Å². The van der Waals surface area contributed by atoms with E-state index in [9.17, 15) is 13.2 Å². The second-order valence-electron chi connectivity index (χ2n) is 6.97. The number of rotatable bonds is 7. The largest absolute Gasteiger partial charge is 0.494 e. The lowest BCUT2D eigenvalue weighted by Gasteiger charge is -2.36. The Kier molecular flexibility index (Phi) is 7.28. The highest BCUT2D eigenvalue weighted by Gasteiger charge is 2.36. The third-order valence-corrected chi connectivity index (χ3v) is 7.11. The first kappa shape index (κ1) is 21.0. The summed E-state index contributed by atoms with van der Waals surface area (Å²) in [7, 11) is -3.55. The zero-order valence-electron chi connectivity index (χ0n) is 16.3. The van der Waals surface area contributed by atoms with Gasteiger partial charge in [-0.15, -0.1) is 0 Å². The number of para-hydroxylation sites is 1. The highest BCUT2D eigenvalue weighted by molar-refractivity contribution is 7.86. The number of ether oxygens (including phenoxy) is 2. The van der Waals surface area contributed by atoms with Crippen molar-refractivity contribution in [3.8, 4) is 5.75 Å². The molecule has 28 heavy (non-hydrogen) atoms. The summed E-state index contributed by atoms with van der Waals surface area (Å²) < 4.78 is 39.4. The van der Waals surface area contributed by atoms with Gasteiger partial charge in [-0.1, -0.05) is 18.2 Å². The maximum atomic E-state index is 12.9. The van der Waals surface area contributed by atoms with Gasteiger partial charge in [0.05, 0.1) is 25.7 Å². The zero-order valence-corrected chi connectivity index (χ0v) is 17.1. The van der Waals surface area contributed by atoms with Gasteiger partial charge >= 0.3 is 0 Å². The second-order valence-corrected chi connectivity index (χ2v) is 8.90. The van der Waals surface area contributed by atoms with Gasteiger partial charge in [0, 0.05) is 38.3 Å². The molecule has 0 spiro atoms. The summed E-state index contributed by atoms with van der Waals surface area (Å²) in [6.07, 6.45) is 1.37. The molecule has 1 N–H and O–H groups in total. The second kappa shape index (κ2) is 9.69. The molecule has 1 aromatic carbocycles. The first-order chi connectivity index (χ1) is 13.5. The van der Waals surface area contributed by atoms with Crippen LogP contribution in [0.2, 0.25) is 0 Å². The average molecular weight is 412 g/mol. The lowest BCUT2D eigenvalue weighted by molar-refractivity contribution is -0.126. The van der Waals surface area contributed by atoms with E-state index in [1.807, 2.05) is 31.2 Å². The number of nitrogens with one attached hydrogen (secondary N) is 1. The number of carbonyl (C=O) groups is 1. The van der Waals surface area contributed by atoms with E-state index in [2.05, 4.69) is 5.32 Å². The van der Waals surface area contributed by atoms with E-state index >= 15 is 0 Å². The fourth-order valence-electron chi connectivity index (χ4n) is 3.58. The van der Waals surface area contributed by atoms with Gasteiger partial charge < -0.3 is 14.8 Å². The maximum absolute atomic E-state index is 12.9. The van der Waals surface area contributed by atoms with Crippen molar-refractivity contribution >= 4 is 16.1 Å². The molecule has 2 aliphatic rings. The average Bonchev–Trinajstić information content (AvgIpc) is 2.74. The van der Waals surface area contributed by atoms with Crippen molar-refractivity contribution in [2.75, 3.05) is 46.0 Å². The van der Waals surface area contributed by atoms with Crippen molar-refractivity contribution in [3.05, 3.63) is 29.8 Å². The van der Waals surface area contributed by atoms with Crippen molar-refractivity contribution in [2.45, 2.75) is 26.3 Å². The van der Waals surface area contributed by atoms with E-state index in [0.29, 0.717) is 58.8 Å². The van der Waals surface area contributed by atoms with Crippen molar-refractivity contribution in [3.63, 3.8) is 0 Å². The number of amides is 1. The number of hydrogen-bond acceptors (Lipinski definition) is 5. The van der Waals surface area contributed by atoms with Crippen LogP contribution in [0.5, 0.6) is 5.75 Å². The van der Waals surface area contributed by atoms with Crippen LogP contribution in [0.4, 0.5) is 0 Å². The molecule has 2 aliphatic heterocycles. The molecular weight excluding hydrogens is 382 g/mol. The van der Waals surface area contributed by atoms with Crippen molar-refractivity contribution in [1.29, 1.82) is 0 Å². The van der Waals surface area contributed by atoms with Crippen LogP contribution in [0.15, 0.2) is 24.3 Å². The molecule has 9 heteroatoms. The number of benzene rings is 1. The molecule has 1 aromatic rings. The molecule has 1 atom stereocenters. The molecule has 0 aliphatic carbocycles. The van der Waals surface area contributed by atoms with Gasteiger partial charge in [-0.25, -0.2) is 0 Å². The molecule has 1 unspecified atom stereocenters. The number of morpholine rings is 1. The summed E-state index contributed by atoms with van der Waals surface area (Å²) in [5.74, 6) is 0.294. The van der Waals surface area contributed by atoms with Gasteiger partial charge in [0.2, 0.25) is 5.91 Å². The Labute approximate surface area is 167 Å². The number of carbonyl (C=O) groups excluding carboxylic acids is 1. The van der Waals surface area contributed by atoms with Gasteiger partial charge in [-0.05, 0) is 25.8 Å². The quantitative estimate of drug-likeness (QED) is 0.723. The van der Waals surface area contributed by atoms with Crippen LogP contribution >= 0.6 is 0 Å². The Balaban J connectivity index is 1.58. The minimum atomic E-state index is -3.55. The summed E-state index contributed by atoms with van der Waals surface area (Å²) in [4.78, 5) is 12.7. The topological polar surface area (TPSA) is 88.2 Å². The molecule has 3 rings (SSSR count). The normalized spacial score (nSPS) is 22.0. The van der Waals surface area contributed by atoms with Gasteiger partial charge in [-0.2, -0.15) is 17.0 Å². The van der Waals surface area contributed by atoms with Crippen LogP contribution in [0, 0.1) is 5.92 Å². The van der Waals surface area contributed by atoms with E-state index in [0.717, 1.165) is 11.3 Å². The molecule has 156 valence electrons. The number of piperidine rings is 1. The molecule has 0 saturated carbocycles. The zero-order chi connectivity index (χ0) is 20.0. The molecule has 0 bridgehead atoms. The van der Waals surface area contributed by atoms with Gasteiger partial charge in [0.1, 0.15) is 5.75 Å². The van der Waals surface area contributed by atoms with Crippen LogP contribution in [0.1, 0.15) is 25.3 Å². The number of hydrogen-bond donors (Lipinski definition) is 1. The Morgan fingerprint density at radius 1 is 1.21 bits per heavy atom. The molecule has 8 nitrogen and oxygen atoms in total. The molecule has 0 aromatic heterocycles. The van der Waals surface area contributed by atoms with Gasteiger partial charge in [-0.3, -0.25) is 4.79 Å². The highest BCUT2D eigenvalue weighted by Crippen LogP contribution is 2.23. The first-order valence-corrected chi connectivity index (χ1v) is 11.2. The van der Waals surface area contributed by atoms with Crippen LogP contribution in [0.3, 0.4) is 0 Å². The van der Waals surface area contributed by atoms with Gasteiger partial charge in [0.25, 0.3) is 10.2 Å². The minimum absolute atomic E-state index is 0.117.